The van der Waals surface area contributed by atoms with Crippen LogP contribution in [-0.4, -0.2) is 12.4 Å². The Morgan fingerprint density at radius 1 is 1.32 bits per heavy atom. The van der Waals surface area contributed by atoms with Crippen molar-refractivity contribution in [1.82, 2.24) is 0 Å². The lowest BCUT2D eigenvalue weighted by molar-refractivity contribution is 0.101. The third kappa shape index (κ3) is 3.91. The van der Waals surface area contributed by atoms with Crippen molar-refractivity contribution in [1.29, 1.82) is 0 Å². The van der Waals surface area contributed by atoms with Gasteiger partial charge < -0.3 is 4.74 Å². The van der Waals surface area contributed by atoms with Crippen LogP contribution in [0.4, 0.5) is 0 Å². The quantitative estimate of drug-likeness (QED) is 0.649. The van der Waals surface area contributed by atoms with Gasteiger partial charge in [0.05, 0.1) is 12.2 Å². The third-order valence-electron chi connectivity index (χ3n) is 4.46. The Kier molecular flexibility index (Phi) is 6.65. The topological polar surface area (TPSA) is 26.3 Å². The summed E-state index contributed by atoms with van der Waals surface area (Å²) in [6, 6.07) is 4.20. The zero-order valence-electron chi connectivity index (χ0n) is 15.4. The first kappa shape index (κ1) is 18.7. The first-order chi connectivity index (χ1) is 10.4. The number of ketones is 1. The molecule has 0 aromatic heterocycles. The van der Waals surface area contributed by atoms with E-state index in [9.17, 15) is 4.79 Å². The first-order valence-corrected chi connectivity index (χ1v) is 8.69. The molecule has 0 N–H and O–H groups in total. The number of carbonyl (C=O) groups excluding carboxylic acids is 1. The van der Waals surface area contributed by atoms with E-state index < -0.39 is 0 Å². The maximum Gasteiger partial charge on any atom is 0.163 e. The minimum atomic E-state index is 0.0921. The highest BCUT2D eigenvalue weighted by atomic mass is 16.5. The van der Waals surface area contributed by atoms with E-state index in [1.165, 1.54) is 24.0 Å². The molecule has 2 heteroatoms. The van der Waals surface area contributed by atoms with Crippen molar-refractivity contribution in [3.63, 3.8) is 0 Å². The number of hydrogen-bond acceptors (Lipinski definition) is 2. The highest BCUT2D eigenvalue weighted by Crippen LogP contribution is 2.44. The summed E-state index contributed by atoms with van der Waals surface area (Å²) in [7, 11) is 0. The lowest BCUT2D eigenvalue weighted by Gasteiger charge is -2.36. The van der Waals surface area contributed by atoms with Gasteiger partial charge in [0, 0.05) is 0 Å². The number of benzene rings is 1. The Hall–Kier alpha value is -1.31. The van der Waals surface area contributed by atoms with Crippen LogP contribution >= 0.6 is 0 Å². The normalized spacial score (nSPS) is 18.8. The van der Waals surface area contributed by atoms with Crippen molar-refractivity contribution >= 4 is 5.78 Å². The zero-order chi connectivity index (χ0) is 16.9. The SMILES string of the molecule is CC.CCCOc1cc2c(cc1C(C)=O)C(C)CCC2(C)C. The largest absolute Gasteiger partial charge is 0.493 e. The molecule has 0 fully saturated rings. The summed E-state index contributed by atoms with van der Waals surface area (Å²) in [5.74, 6) is 1.38. The average molecular weight is 304 g/mol. The molecule has 1 aromatic rings. The maximum absolute atomic E-state index is 11.9. The molecule has 0 radical (unpaired) electrons. The molecule has 0 saturated heterocycles. The molecule has 124 valence electrons. The van der Waals surface area contributed by atoms with E-state index in [-0.39, 0.29) is 11.2 Å². The van der Waals surface area contributed by atoms with Gasteiger partial charge in [0.1, 0.15) is 5.75 Å². The lowest BCUT2D eigenvalue weighted by Crippen LogP contribution is -2.26. The number of carbonyl (C=O) groups is 1. The number of rotatable bonds is 4. The van der Waals surface area contributed by atoms with E-state index >= 15 is 0 Å². The smallest absolute Gasteiger partial charge is 0.163 e. The van der Waals surface area contributed by atoms with Gasteiger partial charge in [0.2, 0.25) is 0 Å². The van der Waals surface area contributed by atoms with Gasteiger partial charge >= 0.3 is 0 Å². The van der Waals surface area contributed by atoms with Gasteiger partial charge in [-0.25, -0.2) is 0 Å². The van der Waals surface area contributed by atoms with Crippen LogP contribution < -0.4 is 4.74 Å². The molecule has 22 heavy (non-hydrogen) atoms. The lowest BCUT2D eigenvalue weighted by atomic mass is 9.68. The fourth-order valence-corrected chi connectivity index (χ4v) is 3.06. The number of hydrogen-bond donors (Lipinski definition) is 0. The van der Waals surface area contributed by atoms with Gasteiger partial charge in [-0.05, 0) is 60.8 Å². The van der Waals surface area contributed by atoms with Gasteiger partial charge in [0.15, 0.2) is 5.78 Å². The van der Waals surface area contributed by atoms with E-state index in [0.717, 1.165) is 17.7 Å². The zero-order valence-corrected chi connectivity index (χ0v) is 15.4. The summed E-state index contributed by atoms with van der Waals surface area (Å²) in [4.78, 5) is 11.9. The van der Waals surface area contributed by atoms with Crippen LogP contribution in [0.2, 0.25) is 0 Å². The second-order valence-electron chi connectivity index (χ2n) is 6.66. The van der Waals surface area contributed by atoms with Gasteiger partial charge in [-0.2, -0.15) is 0 Å². The molecule has 0 aliphatic heterocycles. The van der Waals surface area contributed by atoms with Crippen LogP contribution in [0.1, 0.15) is 95.1 Å². The van der Waals surface area contributed by atoms with Gasteiger partial charge in [-0.3, -0.25) is 4.79 Å². The van der Waals surface area contributed by atoms with Crippen LogP contribution in [0.25, 0.3) is 0 Å². The Labute approximate surface area is 136 Å². The standard InChI is InChI=1S/C18H26O2.C2H6/c1-6-9-20-17-11-16-14(10-15(17)13(3)19)12(2)7-8-18(16,4)5;1-2/h10-12H,6-9H2,1-5H3;1-2H3. The molecule has 1 atom stereocenters. The van der Waals surface area contributed by atoms with Gasteiger partial charge in [-0.1, -0.05) is 41.5 Å². The third-order valence-corrected chi connectivity index (χ3v) is 4.46. The highest BCUT2D eigenvalue weighted by molar-refractivity contribution is 5.97. The predicted molar refractivity (Wildman–Crippen MR) is 94.3 cm³/mol. The van der Waals surface area contributed by atoms with Crippen LogP contribution in [-0.2, 0) is 5.41 Å². The summed E-state index contributed by atoms with van der Waals surface area (Å²) >= 11 is 0. The minimum Gasteiger partial charge on any atom is -0.493 e. The predicted octanol–water partition coefficient (Wildman–Crippen LogP) is 5.88. The van der Waals surface area contributed by atoms with Crippen LogP contribution in [0, 0.1) is 0 Å². The fourth-order valence-electron chi connectivity index (χ4n) is 3.06. The van der Waals surface area contributed by atoms with Crippen molar-refractivity contribution < 1.29 is 9.53 Å². The van der Waals surface area contributed by atoms with Crippen molar-refractivity contribution in [3.8, 4) is 5.75 Å². The number of fused-ring (bicyclic) bond motifs is 1. The molecule has 0 saturated carbocycles. The molecular weight excluding hydrogens is 272 g/mol. The highest BCUT2D eigenvalue weighted by Gasteiger charge is 2.32. The molecule has 1 aliphatic rings. The molecule has 1 unspecified atom stereocenters. The molecule has 2 nitrogen and oxygen atoms in total. The van der Waals surface area contributed by atoms with E-state index in [2.05, 4.69) is 39.8 Å². The average Bonchev–Trinajstić information content (AvgIpc) is 2.50. The fraction of sp³-hybridized carbons (Fsp3) is 0.650. The van der Waals surface area contributed by atoms with E-state index in [4.69, 9.17) is 4.74 Å². The van der Waals surface area contributed by atoms with E-state index in [0.29, 0.717) is 12.5 Å². The van der Waals surface area contributed by atoms with Crippen LogP contribution in [0.15, 0.2) is 12.1 Å². The molecule has 1 aromatic carbocycles. The summed E-state index contributed by atoms with van der Waals surface area (Å²) in [6.07, 6.45) is 3.33. The number of Topliss-reactive ketones (excluding diaryl/α,β-unsaturated/α-hetero) is 1. The Morgan fingerprint density at radius 2 is 1.95 bits per heavy atom. The van der Waals surface area contributed by atoms with Crippen molar-refractivity contribution in [3.05, 3.63) is 28.8 Å². The summed E-state index contributed by atoms with van der Waals surface area (Å²) in [5.41, 5.74) is 3.59. The second kappa shape index (κ2) is 7.80. The molecule has 0 heterocycles. The van der Waals surface area contributed by atoms with Crippen molar-refractivity contribution in [2.24, 2.45) is 0 Å². The molecule has 0 bridgehead atoms. The molecule has 1 aliphatic carbocycles. The number of ether oxygens (including phenoxy) is 1. The second-order valence-corrected chi connectivity index (χ2v) is 6.66. The van der Waals surface area contributed by atoms with Crippen LogP contribution in [0.3, 0.4) is 0 Å². The Balaban J connectivity index is 0.00000116. The minimum absolute atomic E-state index is 0.0921. The van der Waals surface area contributed by atoms with E-state index in [1.807, 2.05) is 13.8 Å². The van der Waals surface area contributed by atoms with Crippen molar-refractivity contribution in [2.75, 3.05) is 6.61 Å². The summed E-state index contributed by atoms with van der Waals surface area (Å²) in [6.45, 7) is 15.2. The molecule has 0 amide bonds. The Morgan fingerprint density at radius 3 is 2.50 bits per heavy atom. The molecule has 0 spiro atoms. The van der Waals surface area contributed by atoms with Gasteiger partial charge in [-0.15, -0.1) is 0 Å². The Bertz CT molecular complexity index is 515. The first-order valence-electron chi connectivity index (χ1n) is 8.69. The monoisotopic (exact) mass is 304 g/mol. The summed E-state index contributed by atoms with van der Waals surface area (Å²) in [5, 5.41) is 0. The van der Waals surface area contributed by atoms with Crippen LogP contribution in [0.5, 0.6) is 5.75 Å². The van der Waals surface area contributed by atoms with Gasteiger partial charge in [0.25, 0.3) is 0 Å². The van der Waals surface area contributed by atoms with Crippen molar-refractivity contribution in [2.45, 2.75) is 79.1 Å². The van der Waals surface area contributed by atoms with E-state index in [1.54, 1.807) is 6.92 Å². The maximum atomic E-state index is 11.9. The molecular formula is C20H32O2. The summed E-state index contributed by atoms with van der Waals surface area (Å²) < 4.78 is 5.82. The molecule has 2 rings (SSSR count).